The zero-order chi connectivity index (χ0) is 21.0. The van der Waals surface area contributed by atoms with Crippen molar-refractivity contribution < 1.29 is 4.74 Å². The Morgan fingerprint density at radius 3 is 2.45 bits per heavy atom. The summed E-state index contributed by atoms with van der Waals surface area (Å²) in [7, 11) is 2.22. The fourth-order valence-corrected chi connectivity index (χ4v) is 5.30. The number of ether oxygens (including phenoxy) is 1. The number of aromatic amines is 1. The molecule has 0 aliphatic carbocycles. The second-order valence-electron chi connectivity index (χ2n) is 9.15. The van der Waals surface area contributed by atoms with E-state index in [1.807, 2.05) is 0 Å². The van der Waals surface area contributed by atoms with Crippen LogP contribution in [-0.2, 0) is 23.2 Å². The lowest BCUT2D eigenvalue weighted by atomic mass is 9.85. The summed E-state index contributed by atoms with van der Waals surface area (Å²) < 4.78 is 6.17. The molecule has 2 aliphatic heterocycles. The Morgan fingerprint density at radius 1 is 0.903 bits per heavy atom. The molecule has 3 aromatic carbocycles. The summed E-state index contributed by atoms with van der Waals surface area (Å²) in [6.07, 6.45) is 2.19. The van der Waals surface area contributed by atoms with Gasteiger partial charge in [-0.3, -0.25) is 0 Å². The van der Waals surface area contributed by atoms with Gasteiger partial charge in [-0.05, 0) is 60.3 Å². The van der Waals surface area contributed by atoms with Crippen LogP contribution in [0.15, 0.2) is 66.7 Å². The standard InChI is InChI=1S/C28H28N2O/c1-19-16-23(27-24(17-19)22-12-14-30(2)15-13-26(22)29-27)21-10-6-7-11-25(21)28(18-31-28)20-8-4-3-5-9-20/h3-11,16-17,29H,12-15,18H2,1-2H3. The number of fused-ring (bicyclic) bond motifs is 3. The van der Waals surface area contributed by atoms with Gasteiger partial charge in [-0.25, -0.2) is 0 Å². The first-order valence-electron chi connectivity index (χ1n) is 11.3. The predicted octanol–water partition coefficient (Wildman–Crippen LogP) is 5.45. The van der Waals surface area contributed by atoms with Gasteiger partial charge in [0.2, 0.25) is 0 Å². The SMILES string of the molecule is Cc1cc(-c2ccccc2C2(c3ccccc3)CO2)c2[nH]c3c(c2c1)CCN(C)CC3. The van der Waals surface area contributed by atoms with E-state index in [1.165, 1.54) is 50.0 Å². The highest BCUT2D eigenvalue weighted by Gasteiger charge is 2.49. The number of hydrogen-bond acceptors (Lipinski definition) is 2. The van der Waals surface area contributed by atoms with Gasteiger partial charge < -0.3 is 14.6 Å². The van der Waals surface area contributed by atoms with Gasteiger partial charge in [0.05, 0.1) is 12.1 Å². The zero-order valence-electron chi connectivity index (χ0n) is 18.2. The Morgan fingerprint density at radius 2 is 1.65 bits per heavy atom. The first-order valence-corrected chi connectivity index (χ1v) is 11.3. The van der Waals surface area contributed by atoms with Gasteiger partial charge in [-0.1, -0.05) is 54.6 Å². The summed E-state index contributed by atoms with van der Waals surface area (Å²) in [5.41, 5.74) is 10.2. The molecule has 4 aromatic rings. The Balaban J connectivity index is 1.56. The summed E-state index contributed by atoms with van der Waals surface area (Å²) in [6.45, 7) is 5.17. The lowest BCUT2D eigenvalue weighted by Crippen LogP contribution is -2.21. The van der Waals surface area contributed by atoms with E-state index in [0.717, 1.165) is 32.5 Å². The maximum atomic E-state index is 6.17. The lowest BCUT2D eigenvalue weighted by Gasteiger charge is -2.18. The molecule has 0 saturated carbocycles. The molecule has 1 atom stereocenters. The molecule has 6 rings (SSSR count). The van der Waals surface area contributed by atoms with Crippen LogP contribution in [0.2, 0.25) is 0 Å². The Bertz CT molecular complexity index is 1270. The molecule has 0 spiro atoms. The van der Waals surface area contributed by atoms with E-state index in [-0.39, 0.29) is 5.60 Å². The minimum absolute atomic E-state index is 0.333. The zero-order valence-corrected chi connectivity index (χ0v) is 18.2. The van der Waals surface area contributed by atoms with E-state index in [4.69, 9.17) is 4.74 Å². The monoisotopic (exact) mass is 408 g/mol. The van der Waals surface area contributed by atoms with Gasteiger partial charge in [0.1, 0.15) is 5.60 Å². The average Bonchev–Trinajstić information content (AvgIpc) is 3.56. The van der Waals surface area contributed by atoms with Crippen molar-refractivity contribution in [2.24, 2.45) is 0 Å². The maximum absolute atomic E-state index is 6.17. The number of nitrogens with one attached hydrogen (secondary N) is 1. The second-order valence-corrected chi connectivity index (χ2v) is 9.15. The van der Waals surface area contributed by atoms with Crippen LogP contribution in [0.1, 0.15) is 27.9 Å². The minimum atomic E-state index is -0.333. The smallest absolute Gasteiger partial charge is 0.142 e. The molecule has 3 heterocycles. The van der Waals surface area contributed by atoms with Crippen LogP contribution in [-0.4, -0.2) is 36.6 Å². The number of benzene rings is 3. The topological polar surface area (TPSA) is 31.6 Å². The molecule has 1 saturated heterocycles. The Kier molecular flexibility index (Phi) is 4.31. The van der Waals surface area contributed by atoms with Gasteiger partial charge in [0, 0.05) is 36.2 Å². The maximum Gasteiger partial charge on any atom is 0.142 e. The number of hydrogen-bond donors (Lipinski definition) is 1. The molecule has 3 heteroatoms. The van der Waals surface area contributed by atoms with E-state index in [1.54, 1.807) is 0 Å². The number of aromatic nitrogens is 1. The van der Waals surface area contributed by atoms with Crippen LogP contribution in [0, 0.1) is 6.92 Å². The van der Waals surface area contributed by atoms with Crippen molar-refractivity contribution in [2.75, 3.05) is 26.7 Å². The fraction of sp³-hybridized carbons (Fsp3) is 0.286. The fourth-order valence-electron chi connectivity index (χ4n) is 5.30. The van der Waals surface area contributed by atoms with Gasteiger partial charge in [0.15, 0.2) is 0 Å². The van der Waals surface area contributed by atoms with Crippen molar-refractivity contribution in [3.05, 3.63) is 94.7 Å². The highest BCUT2D eigenvalue weighted by Crippen LogP contribution is 2.49. The van der Waals surface area contributed by atoms with Crippen molar-refractivity contribution in [1.82, 2.24) is 9.88 Å². The third kappa shape index (κ3) is 3.03. The molecule has 156 valence electrons. The number of likely N-dealkylation sites (N-methyl/N-ethyl adjacent to an activating group) is 1. The Labute approximate surface area is 183 Å². The normalized spacial score (nSPS) is 21.1. The Hall–Kier alpha value is -2.88. The van der Waals surface area contributed by atoms with Crippen molar-refractivity contribution in [2.45, 2.75) is 25.4 Å². The van der Waals surface area contributed by atoms with E-state index in [9.17, 15) is 0 Å². The van der Waals surface area contributed by atoms with Crippen LogP contribution < -0.4 is 0 Å². The third-order valence-corrected chi connectivity index (χ3v) is 7.06. The van der Waals surface area contributed by atoms with Crippen LogP contribution in [0.3, 0.4) is 0 Å². The molecule has 1 fully saturated rings. The summed E-state index contributed by atoms with van der Waals surface area (Å²) >= 11 is 0. The quantitative estimate of drug-likeness (QED) is 0.457. The number of H-pyrrole nitrogens is 1. The van der Waals surface area contributed by atoms with Crippen LogP contribution in [0.4, 0.5) is 0 Å². The van der Waals surface area contributed by atoms with Crippen molar-refractivity contribution >= 4 is 10.9 Å². The number of nitrogens with zero attached hydrogens (tertiary/aromatic N) is 1. The van der Waals surface area contributed by atoms with Crippen molar-refractivity contribution in [3.8, 4) is 11.1 Å². The predicted molar refractivity (Wildman–Crippen MR) is 127 cm³/mol. The molecule has 0 bridgehead atoms. The highest BCUT2D eigenvalue weighted by molar-refractivity contribution is 5.98. The largest absolute Gasteiger partial charge is 0.359 e. The number of epoxide rings is 1. The molecule has 2 aliphatic rings. The molecule has 1 aromatic heterocycles. The average molecular weight is 409 g/mol. The highest BCUT2D eigenvalue weighted by atomic mass is 16.6. The van der Waals surface area contributed by atoms with E-state index in [2.05, 4.69) is 90.6 Å². The molecule has 3 nitrogen and oxygen atoms in total. The van der Waals surface area contributed by atoms with Crippen molar-refractivity contribution in [1.29, 1.82) is 0 Å². The second kappa shape index (κ2) is 7.08. The molecule has 1 unspecified atom stereocenters. The van der Waals surface area contributed by atoms with E-state index >= 15 is 0 Å². The van der Waals surface area contributed by atoms with Crippen molar-refractivity contribution in [3.63, 3.8) is 0 Å². The van der Waals surface area contributed by atoms with E-state index in [0.29, 0.717) is 0 Å². The summed E-state index contributed by atoms with van der Waals surface area (Å²) in [6, 6.07) is 24.1. The minimum Gasteiger partial charge on any atom is -0.359 e. The molecule has 1 N–H and O–H groups in total. The first kappa shape index (κ1) is 18.9. The molecular weight excluding hydrogens is 380 g/mol. The molecular formula is C28H28N2O. The van der Waals surface area contributed by atoms with Crippen LogP contribution in [0.25, 0.3) is 22.0 Å². The number of aryl methyl sites for hydroxylation is 1. The summed E-state index contributed by atoms with van der Waals surface area (Å²) in [4.78, 5) is 6.27. The molecule has 0 radical (unpaired) electrons. The van der Waals surface area contributed by atoms with Gasteiger partial charge in [-0.2, -0.15) is 0 Å². The molecule has 31 heavy (non-hydrogen) atoms. The summed E-state index contributed by atoms with van der Waals surface area (Å²) in [5.74, 6) is 0. The first-order chi connectivity index (χ1) is 15.2. The third-order valence-electron chi connectivity index (χ3n) is 7.06. The van der Waals surface area contributed by atoms with Gasteiger partial charge >= 0.3 is 0 Å². The van der Waals surface area contributed by atoms with Gasteiger partial charge in [-0.15, -0.1) is 0 Å². The van der Waals surface area contributed by atoms with Gasteiger partial charge in [0.25, 0.3) is 0 Å². The van der Waals surface area contributed by atoms with E-state index < -0.39 is 0 Å². The molecule has 0 amide bonds. The van der Waals surface area contributed by atoms with Crippen LogP contribution in [0.5, 0.6) is 0 Å². The van der Waals surface area contributed by atoms with Crippen LogP contribution >= 0.6 is 0 Å². The lowest BCUT2D eigenvalue weighted by molar-refractivity contribution is 0.349. The number of rotatable bonds is 3. The summed E-state index contributed by atoms with van der Waals surface area (Å²) in [5, 5.41) is 1.39.